The van der Waals surface area contributed by atoms with Gasteiger partial charge in [-0.15, -0.1) is 0 Å². The van der Waals surface area contributed by atoms with Gasteiger partial charge in [0.1, 0.15) is 5.75 Å². The van der Waals surface area contributed by atoms with E-state index in [1.807, 2.05) is 18.2 Å². The standard InChI is InChI=1S/C16H13N3O2/c20-15-13-6-7-17-9-14(13)18-16(19-15)21-12-3-1-2-11(8-12)10-4-5-10/h1-3,6-10H,4-5H2,(H,18,19,20). The first-order chi connectivity index (χ1) is 10.3. The van der Waals surface area contributed by atoms with Gasteiger partial charge in [0.15, 0.2) is 0 Å². The van der Waals surface area contributed by atoms with Crippen LogP contribution >= 0.6 is 0 Å². The number of ether oxygens (including phenoxy) is 1. The number of pyridine rings is 1. The van der Waals surface area contributed by atoms with Crippen molar-refractivity contribution in [3.05, 3.63) is 58.6 Å². The molecule has 0 amide bonds. The van der Waals surface area contributed by atoms with Gasteiger partial charge in [0.05, 0.1) is 17.1 Å². The number of nitrogens with zero attached hydrogens (tertiary/aromatic N) is 2. The minimum Gasteiger partial charge on any atom is -0.426 e. The largest absolute Gasteiger partial charge is 0.426 e. The van der Waals surface area contributed by atoms with E-state index >= 15 is 0 Å². The summed E-state index contributed by atoms with van der Waals surface area (Å²) in [6, 6.07) is 9.76. The molecule has 5 nitrogen and oxygen atoms in total. The number of fused-ring (bicyclic) bond motifs is 1. The van der Waals surface area contributed by atoms with Crippen LogP contribution in [0.2, 0.25) is 0 Å². The maximum absolute atomic E-state index is 12.0. The topological polar surface area (TPSA) is 67.9 Å². The predicted octanol–water partition coefficient (Wildman–Crippen LogP) is 2.99. The summed E-state index contributed by atoms with van der Waals surface area (Å²) in [7, 11) is 0. The summed E-state index contributed by atoms with van der Waals surface area (Å²) in [6.07, 6.45) is 5.59. The van der Waals surface area contributed by atoms with Crippen LogP contribution in [0.4, 0.5) is 0 Å². The highest BCUT2D eigenvalue weighted by atomic mass is 16.5. The highest BCUT2D eigenvalue weighted by Gasteiger charge is 2.23. The number of nitrogens with one attached hydrogen (secondary N) is 1. The molecule has 0 saturated heterocycles. The lowest BCUT2D eigenvalue weighted by atomic mass is 10.1. The fourth-order valence-corrected chi connectivity index (χ4v) is 2.38. The molecule has 21 heavy (non-hydrogen) atoms. The zero-order valence-electron chi connectivity index (χ0n) is 11.2. The molecule has 0 spiro atoms. The summed E-state index contributed by atoms with van der Waals surface area (Å²) in [5.74, 6) is 1.34. The van der Waals surface area contributed by atoms with E-state index < -0.39 is 0 Å². The van der Waals surface area contributed by atoms with Crippen LogP contribution in [0.5, 0.6) is 11.8 Å². The van der Waals surface area contributed by atoms with Crippen LogP contribution in [0.25, 0.3) is 10.9 Å². The van der Waals surface area contributed by atoms with Crippen LogP contribution in [0.1, 0.15) is 24.3 Å². The second-order valence-electron chi connectivity index (χ2n) is 5.21. The molecular weight excluding hydrogens is 266 g/mol. The molecule has 2 heterocycles. The van der Waals surface area contributed by atoms with Gasteiger partial charge in [0.2, 0.25) is 0 Å². The van der Waals surface area contributed by atoms with Gasteiger partial charge < -0.3 is 4.74 Å². The number of rotatable bonds is 3. The molecule has 104 valence electrons. The zero-order chi connectivity index (χ0) is 14.2. The maximum Gasteiger partial charge on any atom is 0.302 e. The minimum absolute atomic E-state index is 0.188. The number of aromatic nitrogens is 3. The van der Waals surface area contributed by atoms with Gasteiger partial charge in [0.25, 0.3) is 5.56 Å². The van der Waals surface area contributed by atoms with Crippen molar-refractivity contribution < 1.29 is 4.74 Å². The van der Waals surface area contributed by atoms with Crippen LogP contribution in [-0.2, 0) is 0 Å². The first kappa shape index (κ1) is 12.1. The van der Waals surface area contributed by atoms with E-state index in [9.17, 15) is 4.79 Å². The summed E-state index contributed by atoms with van der Waals surface area (Å²) in [5, 5.41) is 0.504. The quantitative estimate of drug-likeness (QED) is 0.800. The molecule has 1 fully saturated rings. The molecule has 5 heteroatoms. The second-order valence-corrected chi connectivity index (χ2v) is 5.21. The Hall–Kier alpha value is -2.69. The first-order valence-corrected chi connectivity index (χ1v) is 6.91. The molecule has 3 aromatic rings. The highest BCUT2D eigenvalue weighted by molar-refractivity contribution is 5.76. The third kappa shape index (κ3) is 2.38. The first-order valence-electron chi connectivity index (χ1n) is 6.91. The van der Waals surface area contributed by atoms with Gasteiger partial charge in [-0.1, -0.05) is 12.1 Å². The lowest BCUT2D eigenvalue weighted by Gasteiger charge is -2.06. The van der Waals surface area contributed by atoms with Crippen LogP contribution < -0.4 is 10.3 Å². The molecule has 2 aromatic heterocycles. The van der Waals surface area contributed by atoms with Crippen molar-refractivity contribution in [2.45, 2.75) is 18.8 Å². The summed E-state index contributed by atoms with van der Waals surface area (Å²) < 4.78 is 5.69. The Kier molecular flexibility index (Phi) is 2.70. The lowest BCUT2D eigenvalue weighted by Crippen LogP contribution is -2.09. The Morgan fingerprint density at radius 3 is 3.00 bits per heavy atom. The van der Waals surface area contributed by atoms with Gasteiger partial charge in [-0.25, -0.2) is 0 Å². The summed E-state index contributed by atoms with van der Waals surface area (Å²) in [4.78, 5) is 22.9. The molecule has 1 aliphatic carbocycles. The van der Waals surface area contributed by atoms with E-state index in [4.69, 9.17) is 4.74 Å². The van der Waals surface area contributed by atoms with Crippen LogP contribution in [0.15, 0.2) is 47.5 Å². The Morgan fingerprint density at radius 2 is 2.14 bits per heavy atom. The van der Waals surface area contributed by atoms with E-state index in [1.165, 1.54) is 18.4 Å². The van der Waals surface area contributed by atoms with Crippen molar-refractivity contribution in [3.63, 3.8) is 0 Å². The van der Waals surface area contributed by atoms with Crippen molar-refractivity contribution >= 4 is 10.9 Å². The second kappa shape index (κ2) is 4.70. The smallest absolute Gasteiger partial charge is 0.302 e. The van der Waals surface area contributed by atoms with Gasteiger partial charge in [-0.2, -0.15) is 4.98 Å². The zero-order valence-corrected chi connectivity index (χ0v) is 11.2. The van der Waals surface area contributed by atoms with Crippen LogP contribution in [0, 0.1) is 0 Å². The van der Waals surface area contributed by atoms with Gasteiger partial charge in [-0.3, -0.25) is 14.8 Å². The molecule has 0 aliphatic heterocycles. The van der Waals surface area contributed by atoms with E-state index in [0.717, 1.165) is 0 Å². The monoisotopic (exact) mass is 279 g/mol. The number of hydrogen-bond acceptors (Lipinski definition) is 4. The van der Waals surface area contributed by atoms with Crippen molar-refractivity contribution in [1.82, 2.24) is 15.0 Å². The lowest BCUT2D eigenvalue weighted by molar-refractivity contribution is 0.442. The van der Waals surface area contributed by atoms with Crippen molar-refractivity contribution in [2.24, 2.45) is 0 Å². The van der Waals surface area contributed by atoms with E-state index in [1.54, 1.807) is 18.5 Å². The third-order valence-electron chi connectivity index (χ3n) is 3.61. The minimum atomic E-state index is -0.226. The van der Waals surface area contributed by atoms with Crippen molar-refractivity contribution in [3.8, 4) is 11.8 Å². The molecule has 1 N–H and O–H groups in total. The number of H-pyrrole nitrogens is 1. The molecule has 1 aliphatic rings. The van der Waals surface area contributed by atoms with E-state index in [2.05, 4.69) is 21.0 Å². The molecule has 1 aromatic carbocycles. The average Bonchev–Trinajstić information content (AvgIpc) is 3.32. The Labute approximate surface area is 120 Å². The molecule has 0 bridgehead atoms. The van der Waals surface area contributed by atoms with E-state index in [-0.39, 0.29) is 11.6 Å². The summed E-state index contributed by atoms with van der Waals surface area (Å²) >= 11 is 0. The maximum atomic E-state index is 12.0. The molecule has 0 radical (unpaired) electrons. The predicted molar refractivity (Wildman–Crippen MR) is 78.6 cm³/mol. The summed E-state index contributed by atoms with van der Waals surface area (Å²) in [6.45, 7) is 0. The van der Waals surface area contributed by atoms with Crippen LogP contribution in [0.3, 0.4) is 0 Å². The van der Waals surface area contributed by atoms with Crippen molar-refractivity contribution in [1.29, 1.82) is 0 Å². The number of aromatic amines is 1. The molecule has 0 atom stereocenters. The average molecular weight is 279 g/mol. The Morgan fingerprint density at radius 1 is 1.24 bits per heavy atom. The fraction of sp³-hybridized carbons (Fsp3) is 0.188. The number of hydrogen-bond donors (Lipinski definition) is 1. The fourth-order valence-electron chi connectivity index (χ4n) is 2.38. The highest BCUT2D eigenvalue weighted by Crippen LogP contribution is 2.41. The number of benzene rings is 1. The third-order valence-corrected chi connectivity index (χ3v) is 3.61. The van der Waals surface area contributed by atoms with E-state index in [0.29, 0.717) is 22.6 Å². The Balaban J connectivity index is 1.70. The van der Waals surface area contributed by atoms with Gasteiger partial charge in [-0.05, 0) is 42.5 Å². The van der Waals surface area contributed by atoms with Gasteiger partial charge in [0, 0.05) is 6.20 Å². The molecule has 0 unspecified atom stereocenters. The molecule has 4 rings (SSSR count). The van der Waals surface area contributed by atoms with Crippen LogP contribution in [-0.4, -0.2) is 15.0 Å². The molecule has 1 saturated carbocycles. The SMILES string of the molecule is O=c1[nH]c(Oc2cccc(C3CC3)c2)nc2cnccc12. The van der Waals surface area contributed by atoms with Gasteiger partial charge >= 0.3 is 6.01 Å². The molecular formula is C16H13N3O2. The van der Waals surface area contributed by atoms with Crippen molar-refractivity contribution in [2.75, 3.05) is 0 Å². The normalized spacial score (nSPS) is 14.3. The Bertz CT molecular complexity index is 869. The summed E-state index contributed by atoms with van der Waals surface area (Å²) in [5.41, 5.74) is 1.57.